The molecule has 0 atom stereocenters. The Balaban J connectivity index is 2.16. The summed E-state index contributed by atoms with van der Waals surface area (Å²) in [5, 5.41) is 3.25. The maximum Gasteiger partial charge on any atom is 0.141 e. The van der Waals surface area contributed by atoms with E-state index in [9.17, 15) is 4.39 Å². The molecule has 1 aromatic carbocycles. The molecule has 0 fully saturated rings. The number of nitrogens with zero attached hydrogens (tertiary/aromatic N) is 2. The molecule has 2 aromatic rings. The molecular formula is C15H18ClFN4. The van der Waals surface area contributed by atoms with Crippen molar-refractivity contribution in [3.63, 3.8) is 0 Å². The number of nitrogens with two attached hydrogens (primary N) is 1. The van der Waals surface area contributed by atoms with Crippen LogP contribution in [0.4, 0.5) is 16.0 Å². The maximum atomic E-state index is 13.1. The van der Waals surface area contributed by atoms with Crippen LogP contribution in [0.2, 0.25) is 5.02 Å². The first-order valence-electron chi connectivity index (χ1n) is 6.58. The fourth-order valence-electron chi connectivity index (χ4n) is 1.73. The van der Waals surface area contributed by atoms with Gasteiger partial charge in [0.25, 0.3) is 0 Å². The molecule has 0 aliphatic carbocycles. The van der Waals surface area contributed by atoms with Gasteiger partial charge in [0.1, 0.15) is 23.3 Å². The van der Waals surface area contributed by atoms with Crippen LogP contribution in [0, 0.1) is 5.82 Å². The van der Waals surface area contributed by atoms with Crippen molar-refractivity contribution < 1.29 is 4.39 Å². The van der Waals surface area contributed by atoms with Crippen molar-refractivity contribution >= 4 is 23.2 Å². The van der Waals surface area contributed by atoms with Crippen molar-refractivity contribution in [3.8, 4) is 0 Å². The van der Waals surface area contributed by atoms with E-state index in [1.807, 2.05) is 20.8 Å². The second-order valence-corrected chi connectivity index (χ2v) is 6.26. The molecule has 4 nitrogen and oxygen atoms in total. The van der Waals surface area contributed by atoms with E-state index < -0.39 is 5.82 Å². The first-order chi connectivity index (χ1) is 9.75. The molecule has 6 heteroatoms. The lowest BCUT2D eigenvalue weighted by Gasteiger charge is -2.18. The highest BCUT2D eigenvalue weighted by molar-refractivity contribution is 6.30. The average Bonchev–Trinajstić information content (AvgIpc) is 2.38. The standard InChI is InChI=1S/C15H18ClFN4/c1-15(2,3)14-20-12(18)7-13(21-14)19-8-9-4-5-11(17)10(16)6-9/h4-7H,8H2,1-3H3,(H3,18,19,20,21). The predicted molar refractivity (Wildman–Crippen MR) is 83.9 cm³/mol. The average molecular weight is 309 g/mol. The molecule has 2 rings (SSSR count). The van der Waals surface area contributed by atoms with E-state index >= 15 is 0 Å². The van der Waals surface area contributed by atoms with Crippen molar-refractivity contribution in [1.82, 2.24) is 9.97 Å². The Morgan fingerprint density at radius 2 is 1.95 bits per heavy atom. The first kappa shape index (κ1) is 15.5. The molecule has 0 radical (unpaired) electrons. The van der Waals surface area contributed by atoms with Gasteiger partial charge in [-0.1, -0.05) is 38.4 Å². The highest BCUT2D eigenvalue weighted by Gasteiger charge is 2.18. The van der Waals surface area contributed by atoms with Gasteiger partial charge in [-0.15, -0.1) is 0 Å². The summed E-state index contributed by atoms with van der Waals surface area (Å²) in [5.74, 6) is 1.28. The lowest BCUT2D eigenvalue weighted by atomic mass is 9.96. The van der Waals surface area contributed by atoms with Crippen molar-refractivity contribution in [1.29, 1.82) is 0 Å². The molecule has 0 aliphatic rings. The van der Waals surface area contributed by atoms with Crippen molar-refractivity contribution in [2.24, 2.45) is 0 Å². The zero-order chi connectivity index (χ0) is 15.6. The second-order valence-electron chi connectivity index (χ2n) is 5.85. The zero-order valence-corrected chi connectivity index (χ0v) is 13.0. The van der Waals surface area contributed by atoms with Gasteiger partial charge in [-0.25, -0.2) is 14.4 Å². The molecule has 0 unspecified atom stereocenters. The second kappa shape index (κ2) is 5.85. The van der Waals surface area contributed by atoms with Crippen molar-refractivity contribution in [2.75, 3.05) is 11.1 Å². The Labute approximate surface area is 128 Å². The molecule has 0 aliphatic heterocycles. The third-order valence-corrected chi connectivity index (χ3v) is 3.16. The third kappa shape index (κ3) is 4.04. The third-order valence-electron chi connectivity index (χ3n) is 2.87. The monoisotopic (exact) mass is 308 g/mol. The minimum Gasteiger partial charge on any atom is -0.384 e. The summed E-state index contributed by atoms with van der Waals surface area (Å²) in [7, 11) is 0. The van der Waals surface area contributed by atoms with Crippen LogP contribution in [0.3, 0.4) is 0 Å². The van der Waals surface area contributed by atoms with Gasteiger partial charge >= 0.3 is 0 Å². The highest BCUT2D eigenvalue weighted by Crippen LogP contribution is 2.22. The number of aromatic nitrogens is 2. The van der Waals surface area contributed by atoms with Crippen LogP contribution < -0.4 is 11.1 Å². The fraction of sp³-hybridized carbons (Fsp3) is 0.333. The van der Waals surface area contributed by atoms with Crippen LogP contribution in [-0.4, -0.2) is 9.97 Å². The predicted octanol–water partition coefficient (Wildman–Crippen LogP) is 3.76. The van der Waals surface area contributed by atoms with Gasteiger partial charge in [0, 0.05) is 18.0 Å². The summed E-state index contributed by atoms with van der Waals surface area (Å²) >= 11 is 5.76. The summed E-state index contributed by atoms with van der Waals surface area (Å²) in [6.07, 6.45) is 0. The number of halogens is 2. The number of nitrogen functional groups attached to an aromatic ring is 1. The number of hydrogen-bond acceptors (Lipinski definition) is 4. The molecule has 112 valence electrons. The van der Waals surface area contributed by atoms with Crippen LogP contribution in [0.1, 0.15) is 32.2 Å². The minimum absolute atomic E-state index is 0.104. The minimum atomic E-state index is -0.429. The van der Waals surface area contributed by atoms with Crippen LogP contribution in [0.25, 0.3) is 0 Å². The van der Waals surface area contributed by atoms with Crippen LogP contribution >= 0.6 is 11.6 Å². The van der Waals surface area contributed by atoms with Gasteiger partial charge in [0.15, 0.2) is 0 Å². The first-order valence-corrected chi connectivity index (χ1v) is 6.96. The Kier molecular flexibility index (Phi) is 4.32. The van der Waals surface area contributed by atoms with Crippen LogP contribution in [-0.2, 0) is 12.0 Å². The molecule has 0 amide bonds. The van der Waals surface area contributed by atoms with Crippen molar-refractivity contribution in [3.05, 3.63) is 46.5 Å². The molecule has 1 aromatic heterocycles. The number of hydrogen-bond donors (Lipinski definition) is 2. The lowest BCUT2D eigenvalue weighted by Crippen LogP contribution is -2.18. The van der Waals surface area contributed by atoms with Gasteiger partial charge in [-0.3, -0.25) is 0 Å². The van der Waals surface area contributed by atoms with Crippen molar-refractivity contribution in [2.45, 2.75) is 32.7 Å². The largest absolute Gasteiger partial charge is 0.384 e. The van der Waals surface area contributed by atoms with Crippen LogP contribution in [0.5, 0.6) is 0 Å². The van der Waals surface area contributed by atoms with E-state index in [0.717, 1.165) is 5.56 Å². The number of anilines is 2. The molecule has 3 N–H and O–H groups in total. The summed E-state index contributed by atoms with van der Waals surface area (Å²) in [4.78, 5) is 8.69. The number of rotatable bonds is 3. The van der Waals surface area contributed by atoms with E-state index in [1.54, 1.807) is 18.2 Å². The van der Waals surface area contributed by atoms with E-state index in [-0.39, 0.29) is 10.4 Å². The summed E-state index contributed by atoms with van der Waals surface area (Å²) < 4.78 is 13.1. The van der Waals surface area contributed by atoms with E-state index in [1.165, 1.54) is 6.07 Å². The normalized spacial score (nSPS) is 11.5. The van der Waals surface area contributed by atoms with E-state index in [4.69, 9.17) is 17.3 Å². The van der Waals surface area contributed by atoms with Gasteiger partial charge in [-0.2, -0.15) is 0 Å². The topological polar surface area (TPSA) is 63.8 Å². The fourth-order valence-corrected chi connectivity index (χ4v) is 1.94. The Bertz CT molecular complexity index is 653. The quantitative estimate of drug-likeness (QED) is 0.906. The van der Waals surface area contributed by atoms with Gasteiger partial charge < -0.3 is 11.1 Å². The maximum absolute atomic E-state index is 13.1. The summed E-state index contributed by atoms with van der Waals surface area (Å²) in [5.41, 5.74) is 6.48. The number of benzene rings is 1. The van der Waals surface area contributed by atoms with Gasteiger partial charge in [-0.05, 0) is 17.7 Å². The Morgan fingerprint density at radius 3 is 2.57 bits per heavy atom. The zero-order valence-electron chi connectivity index (χ0n) is 12.2. The van der Waals surface area contributed by atoms with E-state index in [2.05, 4.69) is 15.3 Å². The van der Waals surface area contributed by atoms with Gasteiger partial charge in [0.05, 0.1) is 5.02 Å². The summed E-state index contributed by atoms with van der Waals surface area (Å²) in [6.45, 7) is 6.53. The Morgan fingerprint density at radius 1 is 1.24 bits per heavy atom. The smallest absolute Gasteiger partial charge is 0.141 e. The lowest BCUT2D eigenvalue weighted by molar-refractivity contribution is 0.547. The summed E-state index contributed by atoms with van der Waals surface area (Å²) in [6, 6.07) is 6.26. The van der Waals surface area contributed by atoms with E-state index in [0.29, 0.717) is 24.0 Å². The van der Waals surface area contributed by atoms with Crippen LogP contribution in [0.15, 0.2) is 24.3 Å². The molecule has 0 spiro atoms. The molecule has 1 heterocycles. The molecule has 0 saturated heterocycles. The highest BCUT2D eigenvalue weighted by atomic mass is 35.5. The molecular weight excluding hydrogens is 291 g/mol. The number of nitrogens with one attached hydrogen (secondary N) is 1. The Hall–Kier alpha value is -1.88. The molecule has 0 saturated carbocycles. The van der Waals surface area contributed by atoms with Gasteiger partial charge in [0.2, 0.25) is 0 Å². The SMILES string of the molecule is CC(C)(C)c1nc(N)cc(NCc2ccc(F)c(Cl)c2)n1. The molecule has 0 bridgehead atoms. The molecule has 21 heavy (non-hydrogen) atoms.